The summed E-state index contributed by atoms with van der Waals surface area (Å²) in [5.41, 5.74) is 4.41. The van der Waals surface area contributed by atoms with Crippen LogP contribution in [0.15, 0.2) is 47.2 Å². The molecular formula is C14H15BrFN3. The standard InChI is InChI=1S/C14H15BrFN3/c15-11-2-3-13(16)12(9-11)14(19-17)4-1-10-5-7-18-8-6-10/h2-3,5-9,14,19H,1,4,17H2. The largest absolute Gasteiger partial charge is 0.271 e. The highest BCUT2D eigenvalue weighted by molar-refractivity contribution is 9.10. The smallest absolute Gasteiger partial charge is 0.128 e. The number of aryl methyl sites for hydroxylation is 1. The quantitative estimate of drug-likeness (QED) is 0.656. The highest BCUT2D eigenvalue weighted by atomic mass is 79.9. The van der Waals surface area contributed by atoms with Crippen LogP contribution in [0.5, 0.6) is 0 Å². The minimum absolute atomic E-state index is 0.217. The molecule has 2 rings (SSSR count). The van der Waals surface area contributed by atoms with Crippen LogP contribution in [0.2, 0.25) is 0 Å². The Morgan fingerprint density at radius 3 is 2.68 bits per heavy atom. The van der Waals surface area contributed by atoms with Gasteiger partial charge in [-0.05, 0) is 48.7 Å². The number of benzene rings is 1. The van der Waals surface area contributed by atoms with Crippen LogP contribution in [0.25, 0.3) is 0 Å². The summed E-state index contributed by atoms with van der Waals surface area (Å²) in [4.78, 5) is 3.97. The molecule has 0 spiro atoms. The van der Waals surface area contributed by atoms with Crippen LogP contribution >= 0.6 is 15.9 Å². The molecule has 1 aromatic heterocycles. The Morgan fingerprint density at radius 2 is 2.00 bits per heavy atom. The van der Waals surface area contributed by atoms with Crippen molar-refractivity contribution in [1.29, 1.82) is 0 Å². The topological polar surface area (TPSA) is 50.9 Å². The zero-order valence-corrected chi connectivity index (χ0v) is 11.9. The fourth-order valence-corrected chi connectivity index (χ4v) is 2.35. The third-order valence-corrected chi connectivity index (χ3v) is 3.50. The highest BCUT2D eigenvalue weighted by Crippen LogP contribution is 2.24. The summed E-state index contributed by atoms with van der Waals surface area (Å²) in [5, 5.41) is 0. The molecule has 100 valence electrons. The molecule has 0 aliphatic rings. The van der Waals surface area contributed by atoms with Crippen molar-refractivity contribution in [3.8, 4) is 0 Å². The number of hydrogen-bond donors (Lipinski definition) is 2. The Bertz CT molecular complexity index is 533. The van der Waals surface area contributed by atoms with E-state index in [4.69, 9.17) is 5.84 Å². The van der Waals surface area contributed by atoms with Crippen LogP contribution in [0.1, 0.15) is 23.6 Å². The normalized spacial score (nSPS) is 12.4. The zero-order chi connectivity index (χ0) is 13.7. The summed E-state index contributed by atoms with van der Waals surface area (Å²) in [6, 6.07) is 8.55. The van der Waals surface area contributed by atoms with Crippen molar-refractivity contribution >= 4 is 15.9 Å². The van der Waals surface area contributed by atoms with Crippen molar-refractivity contribution in [3.05, 3.63) is 64.1 Å². The summed E-state index contributed by atoms with van der Waals surface area (Å²) in [6.07, 6.45) is 5.02. The zero-order valence-electron chi connectivity index (χ0n) is 10.3. The lowest BCUT2D eigenvalue weighted by atomic mass is 9.99. The molecule has 1 aromatic carbocycles. The molecule has 3 N–H and O–H groups in total. The number of hydrazine groups is 1. The van der Waals surface area contributed by atoms with Crippen LogP contribution < -0.4 is 11.3 Å². The number of nitrogens with one attached hydrogen (secondary N) is 1. The maximum atomic E-state index is 13.8. The van der Waals surface area contributed by atoms with E-state index in [0.29, 0.717) is 12.0 Å². The van der Waals surface area contributed by atoms with E-state index in [-0.39, 0.29) is 11.9 Å². The van der Waals surface area contributed by atoms with E-state index in [9.17, 15) is 4.39 Å². The molecule has 0 aliphatic heterocycles. The van der Waals surface area contributed by atoms with E-state index in [0.717, 1.165) is 16.5 Å². The van der Waals surface area contributed by atoms with Crippen molar-refractivity contribution in [1.82, 2.24) is 10.4 Å². The van der Waals surface area contributed by atoms with Crippen molar-refractivity contribution in [2.24, 2.45) is 5.84 Å². The van der Waals surface area contributed by atoms with Gasteiger partial charge in [0.05, 0.1) is 0 Å². The van der Waals surface area contributed by atoms with Gasteiger partial charge in [0.15, 0.2) is 0 Å². The van der Waals surface area contributed by atoms with Crippen molar-refractivity contribution in [2.75, 3.05) is 0 Å². The molecule has 0 saturated heterocycles. The average Bonchev–Trinajstić information content (AvgIpc) is 2.44. The summed E-state index contributed by atoms with van der Waals surface area (Å²) >= 11 is 3.35. The monoisotopic (exact) mass is 323 g/mol. The molecule has 0 radical (unpaired) electrons. The molecule has 1 unspecified atom stereocenters. The lowest BCUT2D eigenvalue weighted by molar-refractivity contribution is 0.485. The summed E-state index contributed by atoms with van der Waals surface area (Å²) in [6.45, 7) is 0. The van der Waals surface area contributed by atoms with Crippen molar-refractivity contribution in [2.45, 2.75) is 18.9 Å². The Labute approximate surface area is 120 Å². The average molecular weight is 324 g/mol. The van der Waals surface area contributed by atoms with Gasteiger partial charge in [-0.15, -0.1) is 0 Å². The van der Waals surface area contributed by atoms with E-state index in [2.05, 4.69) is 26.3 Å². The highest BCUT2D eigenvalue weighted by Gasteiger charge is 2.14. The van der Waals surface area contributed by atoms with Gasteiger partial charge >= 0.3 is 0 Å². The van der Waals surface area contributed by atoms with Crippen LogP contribution in [0.4, 0.5) is 4.39 Å². The number of hydrogen-bond acceptors (Lipinski definition) is 3. The van der Waals surface area contributed by atoms with E-state index < -0.39 is 0 Å². The molecule has 3 nitrogen and oxygen atoms in total. The summed E-state index contributed by atoms with van der Waals surface area (Å²) < 4.78 is 14.6. The molecule has 0 bridgehead atoms. The van der Waals surface area contributed by atoms with Crippen LogP contribution in [-0.4, -0.2) is 4.98 Å². The molecule has 5 heteroatoms. The summed E-state index contributed by atoms with van der Waals surface area (Å²) in [5.74, 6) is 5.29. The van der Waals surface area contributed by atoms with Gasteiger partial charge in [0.1, 0.15) is 5.82 Å². The van der Waals surface area contributed by atoms with Gasteiger partial charge in [0, 0.05) is 28.5 Å². The van der Waals surface area contributed by atoms with Gasteiger partial charge < -0.3 is 0 Å². The number of halogens is 2. The maximum absolute atomic E-state index is 13.8. The van der Waals surface area contributed by atoms with E-state index in [1.54, 1.807) is 24.5 Å². The van der Waals surface area contributed by atoms with Crippen LogP contribution in [0, 0.1) is 5.82 Å². The first-order valence-corrected chi connectivity index (χ1v) is 6.80. The fourth-order valence-electron chi connectivity index (χ4n) is 1.97. The first-order chi connectivity index (χ1) is 9.20. The molecule has 1 heterocycles. The van der Waals surface area contributed by atoms with E-state index in [1.807, 2.05) is 12.1 Å². The summed E-state index contributed by atoms with van der Waals surface area (Å²) in [7, 11) is 0. The minimum atomic E-state index is -0.249. The second-order valence-corrected chi connectivity index (χ2v) is 5.19. The third-order valence-electron chi connectivity index (χ3n) is 3.01. The van der Waals surface area contributed by atoms with Gasteiger partial charge in [-0.1, -0.05) is 15.9 Å². The number of nitrogens with zero attached hydrogens (tertiary/aromatic N) is 1. The third kappa shape index (κ3) is 3.83. The Kier molecular flexibility index (Phi) is 5.01. The maximum Gasteiger partial charge on any atom is 0.128 e. The Balaban J connectivity index is 2.10. The molecule has 19 heavy (non-hydrogen) atoms. The predicted octanol–water partition coefficient (Wildman–Crippen LogP) is 3.12. The van der Waals surface area contributed by atoms with Gasteiger partial charge in [-0.3, -0.25) is 16.3 Å². The van der Waals surface area contributed by atoms with Gasteiger partial charge in [-0.25, -0.2) is 4.39 Å². The molecule has 0 aliphatic carbocycles. The SMILES string of the molecule is NNC(CCc1ccncc1)c1cc(Br)ccc1F. The molecule has 0 fully saturated rings. The lowest BCUT2D eigenvalue weighted by Gasteiger charge is -2.17. The second kappa shape index (κ2) is 6.75. The number of aromatic nitrogens is 1. The lowest BCUT2D eigenvalue weighted by Crippen LogP contribution is -2.29. The molecular weight excluding hydrogens is 309 g/mol. The molecule has 1 atom stereocenters. The molecule has 0 saturated carbocycles. The van der Waals surface area contributed by atoms with Crippen molar-refractivity contribution < 1.29 is 4.39 Å². The van der Waals surface area contributed by atoms with E-state index >= 15 is 0 Å². The number of rotatable bonds is 5. The first kappa shape index (κ1) is 14.1. The Morgan fingerprint density at radius 1 is 1.26 bits per heavy atom. The molecule has 0 amide bonds. The number of nitrogens with two attached hydrogens (primary N) is 1. The van der Waals surface area contributed by atoms with Crippen molar-refractivity contribution in [3.63, 3.8) is 0 Å². The fraction of sp³-hybridized carbons (Fsp3) is 0.214. The molecule has 2 aromatic rings. The second-order valence-electron chi connectivity index (χ2n) is 4.28. The van der Waals surface area contributed by atoms with Crippen LogP contribution in [-0.2, 0) is 6.42 Å². The van der Waals surface area contributed by atoms with Gasteiger partial charge in [0.2, 0.25) is 0 Å². The van der Waals surface area contributed by atoms with Gasteiger partial charge in [0.25, 0.3) is 0 Å². The first-order valence-electron chi connectivity index (χ1n) is 6.00. The minimum Gasteiger partial charge on any atom is -0.271 e. The number of pyridine rings is 1. The van der Waals surface area contributed by atoms with E-state index in [1.165, 1.54) is 6.07 Å². The van der Waals surface area contributed by atoms with Gasteiger partial charge in [-0.2, -0.15) is 0 Å². The predicted molar refractivity (Wildman–Crippen MR) is 76.7 cm³/mol. The van der Waals surface area contributed by atoms with Crippen LogP contribution in [0.3, 0.4) is 0 Å². The Hall–Kier alpha value is -1.30.